The Bertz CT molecular complexity index is 585. The van der Waals surface area contributed by atoms with Crippen LogP contribution in [0, 0.1) is 6.92 Å². The molecule has 2 aromatic rings. The monoisotopic (exact) mass is 371 g/mol. The van der Waals surface area contributed by atoms with E-state index in [2.05, 4.69) is 33.4 Å². The second kappa shape index (κ2) is 7.25. The van der Waals surface area contributed by atoms with Gasteiger partial charge in [-0.2, -0.15) is 0 Å². The number of carbonyl (C=O) groups excluding carboxylic acids is 1. The number of rotatable bonds is 5. The first kappa shape index (κ1) is 15.5. The van der Waals surface area contributed by atoms with Crippen molar-refractivity contribution >= 4 is 44.8 Å². The average molecular weight is 373 g/mol. The van der Waals surface area contributed by atoms with E-state index in [0.717, 1.165) is 12.0 Å². The lowest BCUT2D eigenvalue weighted by Crippen LogP contribution is -2.37. The van der Waals surface area contributed by atoms with E-state index in [1.54, 1.807) is 0 Å². The van der Waals surface area contributed by atoms with Gasteiger partial charge in [-0.3, -0.25) is 4.79 Å². The smallest absolute Gasteiger partial charge is 0.263 e. The minimum Gasteiger partial charge on any atom is -0.347 e. The molecule has 0 aliphatic carbocycles. The molecule has 0 saturated carbocycles. The molecule has 5 heteroatoms. The van der Waals surface area contributed by atoms with Gasteiger partial charge >= 0.3 is 0 Å². The minimum atomic E-state index is -0.103. The van der Waals surface area contributed by atoms with E-state index >= 15 is 0 Å². The number of aryl methyl sites for hydroxylation is 1. The number of amides is 1. The Balaban J connectivity index is 2.03. The molecule has 2 nitrogen and oxygen atoms in total. The maximum absolute atomic E-state index is 12.2. The quantitative estimate of drug-likeness (QED) is 0.772. The second-order valence-corrected chi connectivity index (χ2v) is 6.48. The second-order valence-electron chi connectivity index (χ2n) is 4.58. The molecule has 1 amide bonds. The Morgan fingerprint density at radius 1 is 1.40 bits per heavy atom. The highest BCUT2D eigenvalue weighted by molar-refractivity contribution is 9.09. The van der Waals surface area contributed by atoms with Crippen molar-refractivity contribution in [2.75, 3.05) is 5.33 Å². The fourth-order valence-electron chi connectivity index (χ4n) is 1.88. The fraction of sp³-hybridized carbons (Fsp3) is 0.267. The van der Waals surface area contributed by atoms with Gasteiger partial charge in [0, 0.05) is 11.4 Å². The molecule has 0 spiro atoms. The van der Waals surface area contributed by atoms with Crippen molar-refractivity contribution in [1.29, 1.82) is 0 Å². The molecular weight excluding hydrogens is 358 g/mol. The van der Waals surface area contributed by atoms with Gasteiger partial charge in [0.2, 0.25) is 0 Å². The van der Waals surface area contributed by atoms with Crippen LogP contribution >= 0.6 is 38.9 Å². The van der Waals surface area contributed by atoms with Crippen molar-refractivity contribution in [2.45, 2.75) is 19.4 Å². The molecule has 1 atom stereocenters. The summed E-state index contributed by atoms with van der Waals surface area (Å²) in [5.41, 5.74) is 2.14. The normalized spacial score (nSPS) is 12.2. The first-order chi connectivity index (χ1) is 9.61. The van der Waals surface area contributed by atoms with Gasteiger partial charge < -0.3 is 5.32 Å². The van der Waals surface area contributed by atoms with Crippen LogP contribution in [-0.2, 0) is 6.42 Å². The van der Waals surface area contributed by atoms with Gasteiger partial charge in [0.25, 0.3) is 5.91 Å². The predicted octanol–water partition coefficient (Wildman–Crippen LogP) is 4.45. The molecule has 1 heterocycles. The summed E-state index contributed by atoms with van der Waals surface area (Å²) in [5.74, 6) is -0.103. The highest BCUT2D eigenvalue weighted by Gasteiger charge is 2.18. The largest absolute Gasteiger partial charge is 0.347 e. The van der Waals surface area contributed by atoms with Gasteiger partial charge in [0.1, 0.15) is 4.88 Å². The van der Waals surface area contributed by atoms with Crippen LogP contribution in [0.1, 0.15) is 20.8 Å². The molecule has 0 aliphatic heterocycles. The molecule has 0 bridgehead atoms. The van der Waals surface area contributed by atoms with E-state index < -0.39 is 0 Å². The molecule has 0 radical (unpaired) electrons. The van der Waals surface area contributed by atoms with Crippen molar-refractivity contribution < 1.29 is 4.79 Å². The number of hydrogen-bond acceptors (Lipinski definition) is 2. The molecule has 1 unspecified atom stereocenters. The van der Waals surface area contributed by atoms with Crippen LogP contribution in [0.4, 0.5) is 0 Å². The Hall–Kier alpha value is -0.840. The van der Waals surface area contributed by atoms with Gasteiger partial charge in [0.05, 0.1) is 5.02 Å². The van der Waals surface area contributed by atoms with E-state index in [0.29, 0.717) is 15.2 Å². The van der Waals surface area contributed by atoms with Gasteiger partial charge in [0.15, 0.2) is 0 Å². The number of carbonyl (C=O) groups is 1. The van der Waals surface area contributed by atoms with Crippen molar-refractivity contribution in [1.82, 2.24) is 5.32 Å². The van der Waals surface area contributed by atoms with Crippen LogP contribution < -0.4 is 5.32 Å². The molecule has 1 aromatic heterocycles. The van der Waals surface area contributed by atoms with E-state index in [1.807, 2.05) is 30.5 Å². The Kier molecular flexibility index (Phi) is 5.64. The minimum absolute atomic E-state index is 0.0448. The predicted molar refractivity (Wildman–Crippen MR) is 89.3 cm³/mol. The lowest BCUT2D eigenvalue weighted by molar-refractivity contribution is 0.0945. The summed E-state index contributed by atoms with van der Waals surface area (Å²) in [5, 5.41) is 6.19. The van der Waals surface area contributed by atoms with Crippen LogP contribution in [0.3, 0.4) is 0 Å². The van der Waals surface area contributed by atoms with Gasteiger partial charge in [-0.05, 0) is 29.9 Å². The molecular formula is C15H15BrClNOS. The lowest BCUT2D eigenvalue weighted by Gasteiger charge is -2.16. The molecule has 2 rings (SSSR count). The van der Waals surface area contributed by atoms with Gasteiger partial charge in [-0.15, -0.1) is 11.3 Å². The van der Waals surface area contributed by atoms with Crippen molar-refractivity contribution in [3.63, 3.8) is 0 Å². The molecule has 1 N–H and O–H groups in total. The summed E-state index contributed by atoms with van der Waals surface area (Å²) in [6.45, 7) is 1.90. The molecule has 1 aromatic carbocycles. The fourth-order valence-corrected chi connectivity index (χ4v) is 3.45. The van der Waals surface area contributed by atoms with Crippen LogP contribution in [0.25, 0.3) is 0 Å². The third-order valence-corrected chi connectivity index (χ3v) is 5.43. The Morgan fingerprint density at radius 3 is 2.65 bits per heavy atom. The highest BCUT2D eigenvalue weighted by Crippen LogP contribution is 2.27. The summed E-state index contributed by atoms with van der Waals surface area (Å²) in [7, 11) is 0. The third-order valence-electron chi connectivity index (χ3n) is 2.95. The molecule has 0 saturated heterocycles. The average Bonchev–Trinajstić information content (AvgIpc) is 2.79. The van der Waals surface area contributed by atoms with Gasteiger partial charge in [-0.1, -0.05) is 57.9 Å². The Morgan fingerprint density at radius 2 is 2.10 bits per heavy atom. The Labute approximate surface area is 136 Å². The van der Waals surface area contributed by atoms with E-state index in [-0.39, 0.29) is 11.9 Å². The molecule has 0 fully saturated rings. The molecule has 0 aliphatic rings. The zero-order valence-electron chi connectivity index (χ0n) is 11.0. The number of nitrogens with one attached hydrogen (secondary N) is 1. The first-order valence-electron chi connectivity index (χ1n) is 6.26. The summed E-state index contributed by atoms with van der Waals surface area (Å²) in [6, 6.07) is 10.2. The summed E-state index contributed by atoms with van der Waals surface area (Å²) in [4.78, 5) is 12.8. The zero-order chi connectivity index (χ0) is 14.5. The van der Waals surface area contributed by atoms with E-state index in [9.17, 15) is 4.79 Å². The first-order valence-corrected chi connectivity index (χ1v) is 8.64. The lowest BCUT2D eigenvalue weighted by atomic mass is 10.1. The zero-order valence-corrected chi connectivity index (χ0v) is 14.2. The number of halogens is 2. The maximum Gasteiger partial charge on any atom is 0.263 e. The number of thiophene rings is 1. The SMILES string of the molecule is Cc1csc(C(=O)NC(CBr)Cc2ccccc2)c1Cl. The molecule has 106 valence electrons. The topological polar surface area (TPSA) is 29.1 Å². The summed E-state index contributed by atoms with van der Waals surface area (Å²) < 4.78 is 0. The standard InChI is InChI=1S/C15H15BrClNOS/c1-10-9-20-14(13(10)17)15(19)18-12(8-16)7-11-5-3-2-4-6-11/h2-6,9,12H,7-8H2,1H3,(H,18,19). The summed E-state index contributed by atoms with van der Waals surface area (Å²) in [6.07, 6.45) is 0.791. The van der Waals surface area contributed by atoms with Crippen LogP contribution in [0.5, 0.6) is 0 Å². The summed E-state index contributed by atoms with van der Waals surface area (Å²) >= 11 is 11.0. The van der Waals surface area contributed by atoms with Crippen molar-refractivity contribution in [2.24, 2.45) is 0 Å². The van der Waals surface area contributed by atoms with Crippen molar-refractivity contribution in [3.8, 4) is 0 Å². The number of alkyl halides is 1. The van der Waals surface area contributed by atoms with E-state index in [1.165, 1.54) is 16.9 Å². The van der Waals surface area contributed by atoms with Crippen LogP contribution in [0.15, 0.2) is 35.7 Å². The van der Waals surface area contributed by atoms with E-state index in [4.69, 9.17) is 11.6 Å². The number of hydrogen-bond donors (Lipinski definition) is 1. The third kappa shape index (κ3) is 3.84. The number of benzene rings is 1. The van der Waals surface area contributed by atoms with Crippen molar-refractivity contribution in [3.05, 3.63) is 56.7 Å². The maximum atomic E-state index is 12.2. The van der Waals surface area contributed by atoms with Crippen LogP contribution in [-0.4, -0.2) is 17.3 Å². The highest BCUT2D eigenvalue weighted by atomic mass is 79.9. The van der Waals surface area contributed by atoms with Crippen LogP contribution in [0.2, 0.25) is 5.02 Å². The molecule has 20 heavy (non-hydrogen) atoms. The van der Waals surface area contributed by atoms with Gasteiger partial charge in [-0.25, -0.2) is 0 Å².